The van der Waals surface area contributed by atoms with Crippen LogP contribution in [0.2, 0.25) is 0 Å². The summed E-state index contributed by atoms with van der Waals surface area (Å²) >= 11 is 1.61. The van der Waals surface area contributed by atoms with Crippen molar-refractivity contribution in [2.24, 2.45) is 0 Å². The molecule has 19 heavy (non-hydrogen) atoms. The van der Waals surface area contributed by atoms with Gasteiger partial charge < -0.3 is 24.4 Å². The Balaban J connectivity index is 2.66. The number of hydrogen-bond donors (Lipinski definition) is 1. The molecule has 1 aromatic rings. The maximum absolute atomic E-state index is 5.29. The Morgan fingerprint density at radius 2 is 1.89 bits per heavy atom. The van der Waals surface area contributed by atoms with E-state index in [0.29, 0.717) is 12.4 Å². The number of methoxy groups -OCH3 is 3. The molecular formula is C12H23N3O3S. The minimum absolute atomic E-state index is 0.0737. The van der Waals surface area contributed by atoms with Crippen LogP contribution in [0, 0.1) is 0 Å². The number of nitrogens with zero attached hydrogens (tertiary/aromatic N) is 2. The number of rotatable bonds is 8. The van der Waals surface area contributed by atoms with Crippen molar-refractivity contribution >= 4 is 16.5 Å². The Labute approximate surface area is 118 Å². The van der Waals surface area contributed by atoms with Gasteiger partial charge >= 0.3 is 0 Å². The zero-order chi connectivity index (χ0) is 14.4. The van der Waals surface area contributed by atoms with E-state index in [-0.39, 0.29) is 12.3 Å². The number of nitrogens with one attached hydrogen (secondary N) is 1. The molecular weight excluding hydrogens is 266 g/mol. The summed E-state index contributed by atoms with van der Waals surface area (Å²) in [6, 6.07) is 0.0737. The second-order valence-corrected chi connectivity index (χ2v) is 5.39. The van der Waals surface area contributed by atoms with E-state index in [1.165, 1.54) is 0 Å². The van der Waals surface area contributed by atoms with Crippen LogP contribution in [0.3, 0.4) is 0 Å². The van der Waals surface area contributed by atoms with Crippen LogP contribution in [0.15, 0.2) is 0 Å². The van der Waals surface area contributed by atoms with Crippen molar-refractivity contribution in [1.29, 1.82) is 0 Å². The molecule has 110 valence electrons. The highest BCUT2D eigenvalue weighted by atomic mass is 32.1. The second kappa shape index (κ2) is 7.64. The normalized spacial score (nSPS) is 12.8. The third-order valence-corrected chi connectivity index (χ3v) is 3.89. The zero-order valence-electron chi connectivity index (χ0n) is 12.4. The summed E-state index contributed by atoms with van der Waals surface area (Å²) < 4.78 is 15.7. The molecule has 0 fully saturated rings. The minimum atomic E-state index is -0.271. The van der Waals surface area contributed by atoms with E-state index in [9.17, 15) is 0 Å². The molecule has 0 saturated heterocycles. The monoisotopic (exact) mass is 289 g/mol. The first-order valence-corrected chi connectivity index (χ1v) is 6.85. The van der Waals surface area contributed by atoms with Crippen molar-refractivity contribution in [3.8, 4) is 5.88 Å². The van der Waals surface area contributed by atoms with Gasteiger partial charge in [0, 0.05) is 34.9 Å². The lowest BCUT2D eigenvalue weighted by Crippen LogP contribution is -2.39. The van der Waals surface area contributed by atoms with Gasteiger partial charge in [-0.05, 0) is 6.92 Å². The van der Waals surface area contributed by atoms with Gasteiger partial charge in [0.2, 0.25) is 5.88 Å². The van der Waals surface area contributed by atoms with Gasteiger partial charge in [-0.15, -0.1) is 0 Å². The first-order chi connectivity index (χ1) is 9.03. The third kappa shape index (κ3) is 4.31. The first-order valence-electron chi connectivity index (χ1n) is 6.03. The van der Waals surface area contributed by atoms with E-state index in [1.54, 1.807) is 32.7 Å². The molecule has 1 unspecified atom stereocenters. The van der Waals surface area contributed by atoms with E-state index >= 15 is 0 Å². The first kappa shape index (κ1) is 16.2. The van der Waals surface area contributed by atoms with Gasteiger partial charge in [-0.1, -0.05) is 11.3 Å². The maximum Gasteiger partial charge on any atom is 0.230 e. The standard InChI is InChI=1S/C12H23N3O3S/c1-8(11(17-5)18-6)13-7-9-10(16-4)14-12(19-9)15(2)3/h8,11,13H,7H2,1-6H3. The highest BCUT2D eigenvalue weighted by molar-refractivity contribution is 7.15. The van der Waals surface area contributed by atoms with Gasteiger partial charge in [0.05, 0.1) is 18.0 Å². The van der Waals surface area contributed by atoms with Gasteiger partial charge in [-0.2, -0.15) is 4.98 Å². The molecule has 1 aromatic heterocycles. The summed E-state index contributed by atoms with van der Waals surface area (Å²) in [5.41, 5.74) is 0. The molecule has 0 amide bonds. The van der Waals surface area contributed by atoms with Crippen molar-refractivity contribution in [1.82, 2.24) is 10.3 Å². The van der Waals surface area contributed by atoms with Gasteiger partial charge in [0.15, 0.2) is 11.4 Å². The Bertz CT molecular complexity index is 380. The Hall–Kier alpha value is -0.890. The number of anilines is 1. The van der Waals surface area contributed by atoms with E-state index < -0.39 is 0 Å². The van der Waals surface area contributed by atoms with E-state index in [4.69, 9.17) is 14.2 Å². The molecule has 0 aliphatic carbocycles. The molecule has 7 heteroatoms. The Morgan fingerprint density at radius 1 is 1.26 bits per heavy atom. The van der Waals surface area contributed by atoms with Gasteiger partial charge in [-0.25, -0.2) is 0 Å². The van der Waals surface area contributed by atoms with Gasteiger partial charge in [-0.3, -0.25) is 0 Å². The Morgan fingerprint density at radius 3 is 2.37 bits per heavy atom. The van der Waals surface area contributed by atoms with Crippen LogP contribution in [0.25, 0.3) is 0 Å². The van der Waals surface area contributed by atoms with Crippen molar-refractivity contribution in [2.45, 2.75) is 25.8 Å². The largest absolute Gasteiger partial charge is 0.480 e. The average molecular weight is 289 g/mol. The lowest BCUT2D eigenvalue weighted by molar-refractivity contribution is -0.119. The molecule has 0 aromatic carbocycles. The quantitative estimate of drug-likeness (QED) is 0.728. The molecule has 0 bridgehead atoms. The van der Waals surface area contributed by atoms with Crippen LogP contribution in [0.4, 0.5) is 5.13 Å². The number of thiazole rings is 1. The molecule has 0 spiro atoms. The third-order valence-electron chi connectivity index (χ3n) is 2.68. The van der Waals surface area contributed by atoms with E-state index in [0.717, 1.165) is 10.0 Å². The molecule has 6 nitrogen and oxygen atoms in total. The summed E-state index contributed by atoms with van der Waals surface area (Å²) in [7, 11) is 8.82. The molecule has 0 saturated carbocycles. The Kier molecular flexibility index (Phi) is 6.50. The summed E-state index contributed by atoms with van der Waals surface area (Å²) in [4.78, 5) is 7.44. The van der Waals surface area contributed by atoms with Crippen LogP contribution < -0.4 is 15.0 Å². The molecule has 1 rings (SSSR count). The van der Waals surface area contributed by atoms with Crippen LogP contribution >= 0.6 is 11.3 Å². The molecule has 0 radical (unpaired) electrons. The van der Waals surface area contributed by atoms with Crippen molar-refractivity contribution in [2.75, 3.05) is 40.3 Å². The average Bonchev–Trinajstić information content (AvgIpc) is 2.81. The summed E-state index contributed by atoms with van der Waals surface area (Å²) in [5.74, 6) is 0.666. The van der Waals surface area contributed by atoms with Crippen molar-refractivity contribution in [3.05, 3.63) is 4.88 Å². The fourth-order valence-electron chi connectivity index (χ4n) is 1.64. The topological polar surface area (TPSA) is 55.9 Å². The van der Waals surface area contributed by atoms with Gasteiger partial charge in [0.1, 0.15) is 0 Å². The van der Waals surface area contributed by atoms with E-state index in [2.05, 4.69) is 10.3 Å². The zero-order valence-corrected chi connectivity index (χ0v) is 13.2. The van der Waals surface area contributed by atoms with Gasteiger partial charge in [0.25, 0.3) is 0 Å². The van der Waals surface area contributed by atoms with Crippen LogP contribution in [0.1, 0.15) is 11.8 Å². The van der Waals surface area contributed by atoms with Crippen molar-refractivity contribution < 1.29 is 14.2 Å². The smallest absolute Gasteiger partial charge is 0.230 e. The van der Waals surface area contributed by atoms with Crippen LogP contribution in [-0.4, -0.2) is 52.7 Å². The minimum Gasteiger partial charge on any atom is -0.480 e. The molecule has 0 aliphatic rings. The summed E-state index contributed by atoms with van der Waals surface area (Å²) in [5, 5.41) is 4.28. The SMILES string of the molecule is COc1nc(N(C)C)sc1CNC(C)C(OC)OC. The molecule has 1 atom stereocenters. The number of ether oxygens (including phenoxy) is 3. The lowest BCUT2D eigenvalue weighted by atomic mass is 10.3. The van der Waals surface area contributed by atoms with Crippen LogP contribution in [-0.2, 0) is 16.0 Å². The molecule has 1 heterocycles. The van der Waals surface area contributed by atoms with E-state index in [1.807, 2.05) is 25.9 Å². The number of aromatic nitrogens is 1. The lowest BCUT2D eigenvalue weighted by Gasteiger charge is -2.21. The predicted octanol–water partition coefficient (Wildman–Crippen LogP) is 1.31. The summed E-state index contributed by atoms with van der Waals surface area (Å²) in [6.45, 7) is 2.68. The summed E-state index contributed by atoms with van der Waals surface area (Å²) in [6.07, 6.45) is -0.271. The second-order valence-electron chi connectivity index (χ2n) is 4.33. The predicted molar refractivity (Wildman–Crippen MR) is 77.1 cm³/mol. The molecule has 0 aliphatic heterocycles. The van der Waals surface area contributed by atoms with Crippen LogP contribution in [0.5, 0.6) is 5.88 Å². The fourth-order valence-corrected chi connectivity index (χ4v) is 2.55. The van der Waals surface area contributed by atoms with Crippen molar-refractivity contribution in [3.63, 3.8) is 0 Å². The maximum atomic E-state index is 5.29. The number of hydrogen-bond acceptors (Lipinski definition) is 7. The fraction of sp³-hybridized carbons (Fsp3) is 0.750. The highest BCUT2D eigenvalue weighted by Crippen LogP contribution is 2.30. The highest BCUT2D eigenvalue weighted by Gasteiger charge is 2.18. The molecule has 1 N–H and O–H groups in total.